The SMILES string of the molecule is C[C@@H]1[C@H]2C3=CC[C@@H]4[C@@]5(C)Cc6c(N7CCOCC7)ncnc6C(C)(C)[C@@H]5CC[C@@]4(C)[C@]3(C)CC[C@@H]2CC[C@H]1C. The molecule has 1 saturated heterocycles. The Morgan fingerprint density at radius 3 is 2.44 bits per heavy atom. The van der Waals surface area contributed by atoms with Crippen molar-refractivity contribution in [2.75, 3.05) is 31.2 Å². The van der Waals surface area contributed by atoms with E-state index < -0.39 is 0 Å². The third kappa shape index (κ3) is 3.45. The Labute approximate surface area is 237 Å². The van der Waals surface area contributed by atoms with Crippen LogP contribution < -0.4 is 4.90 Å². The quantitative estimate of drug-likeness (QED) is 0.350. The number of hydrogen-bond acceptors (Lipinski definition) is 4. The number of anilines is 1. The molecule has 1 aliphatic heterocycles. The van der Waals surface area contributed by atoms with Gasteiger partial charge in [-0.1, -0.05) is 66.5 Å². The molecule has 2 heterocycles. The minimum atomic E-state index is 0.0590. The van der Waals surface area contributed by atoms with Gasteiger partial charge in [0.15, 0.2) is 0 Å². The Morgan fingerprint density at radius 2 is 1.67 bits per heavy atom. The van der Waals surface area contributed by atoms with Crippen molar-refractivity contribution in [1.29, 1.82) is 0 Å². The van der Waals surface area contributed by atoms with Crippen molar-refractivity contribution >= 4 is 5.82 Å². The van der Waals surface area contributed by atoms with Gasteiger partial charge in [-0.2, -0.15) is 0 Å². The zero-order chi connectivity index (χ0) is 27.4. The molecule has 3 saturated carbocycles. The van der Waals surface area contributed by atoms with Crippen LogP contribution in [0.25, 0.3) is 0 Å². The molecule has 1 aromatic rings. The van der Waals surface area contributed by atoms with E-state index >= 15 is 0 Å². The highest BCUT2D eigenvalue weighted by molar-refractivity contribution is 5.53. The molecule has 4 nitrogen and oxygen atoms in total. The van der Waals surface area contributed by atoms with Gasteiger partial charge in [-0.15, -0.1) is 0 Å². The van der Waals surface area contributed by atoms with Gasteiger partial charge < -0.3 is 9.64 Å². The molecule has 4 fully saturated rings. The molecule has 7 rings (SSSR count). The molecule has 5 aliphatic carbocycles. The summed E-state index contributed by atoms with van der Waals surface area (Å²) < 4.78 is 5.72. The summed E-state index contributed by atoms with van der Waals surface area (Å²) in [5.41, 5.74) is 5.68. The number of hydrogen-bond donors (Lipinski definition) is 0. The van der Waals surface area contributed by atoms with E-state index in [1.165, 1.54) is 62.0 Å². The van der Waals surface area contributed by atoms with Crippen LogP contribution in [0, 0.1) is 51.8 Å². The normalized spacial score (nSPS) is 46.6. The van der Waals surface area contributed by atoms with Crippen molar-refractivity contribution in [3.8, 4) is 0 Å². The average Bonchev–Trinajstić information content (AvgIpc) is 2.91. The first-order valence-corrected chi connectivity index (χ1v) is 16.4. The summed E-state index contributed by atoms with van der Waals surface area (Å²) in [6.45, 7) is 21.8. The molecule has 0 aromatic carbocycles. The van der Waals surface area contributed by atoms with Crippen LogP contribution in [0.4, 0.5) is 5.82 Å². The van der Waals surface area contributed by atoms with E-state index in [2.05, 4.69) is 59.4 Å². The minimum Gasteiger partial charge on any atom is -0.378 e. The number of rotatable bonds is 1. The van der Waals surface area contributed by atoms with Crippen molar-refractivity contribution in [2.24, 2.45) is 51.8 Å². The van der Waals surface area contributed by atoms with Gasteiger partial charge in [0, 0.05) is 24.1 Å². The van der Waals surface area contributed by atoms with Crippen molar-refractivity contribution in [3.63, 3.8) is 0 Å². The fraction of sp³-hybridized carbons (Fsp3) is 0.829. The zero-order valence-corrected chi connectivity index (χ0v) is 25.9. The van der Waals surface area contributed by atoms with E-state index in [-0.39, 0.29) is 10.8 Å². The summed E-state index contributed by atoms with van der Waals surface area (Å²) in [7, 11) is 0. The highest BCUT2D eigenvalue weighted by Crippen LogP contribution is 2.74. The largest absolute Gasteiger partial charge is 0.378 e. The van der Waals surface area contributed by atoms with E-state index in [4.69, 9.17) is 14.7 Å². The van der Waals surface area contributed by atoms with Crippen LogP contribution in [0.5, 0.6) is 0 Å². The van der Waals surface area contributed by atoms with Crippen molar-refractivity contribution in [2.45, 2.75) is 105 Å². The summed E-state index contributed by atoms with van der Waals surface area (Å²) in [5.74, 6) is 6.00. The summed E-state index contributed by atoms with van der Waals surface area (Å²) in [5, 5.41) is 0. The first kappa shape index (κ1) is 26.5. The van der Waals surface area contributed by atoms with E-state index in [9.17, 15) is 0 Å². The molecule has 0 N–H and O–H groups in total. The first-order chi connectivity index (χ1) is 18.5. The second-order valence-corrected chi connectivity index (χ2v) is 16.1. The average molecular weight is 532 g/mol. The molecule has 214 valence electrons. The maximum Gasteiger partial charge on any atom is 0.135 e. The van der Waals surface area contributed by atoms with Gasteiger partial charge in [0.25, 0.3) is 0 Å². The van der Waals surface area contributed by atoms with Gasteiger partial charge >= 0.3 is 0 Å². The van der Waals surface area contributed by atoms with Crippen molar-refractivity contribution < 1.29 is 4.74 Å². The van der Waals surface area contributed by atoms with Crippen LogP contribution in [-0.4, -0.2) is 36.3 Å². The standard InChI is InChI=1S/C35H53N3O/c1-22-8-9-24-12-14-34(6)26(29(24)23(22)2)10-11-28-33(5)20-25-30(32(3,4)27(33)13-15-35(28,34)7)36-21-37-31(25)38-16-18-39-19-17-38/h10,21-24,27-29H,8-9,11-20H2,1-7H3/t22-,23+,24+,27+,28-,29-,33+,34-,35-/m1/s1. The van der Waals surface area contributed by atoms with Crippen LogP contribution in [0.15, 0.2) is 18.0 Å². The molecule has 4 heteroatoms. The zero-order valence-electron chi connectivity index (χ0n) is 25.9. The van der Waals surface area contributed by atoms with E-state index in [0.29, 0.717) is 22.7 Å². The maximum absolute atomic E-state index is 5.72. The number of nitrogens with zero attached hydrogens (tertiary/aromatic N) is 3. The molecular weight excluding hydrogens is 478 g/mol. The Balaban J connectivity index is 1.32. The Bertz CT molecular complexity index is 1170. The number of ether oxygens (including phenoxy) is 1. The highest BCUT2D eigenvalue weighted by atomic mass is 16.5. The predicted molar refractivity (Wildman–Crippen MR) is 159 cm³/mol. The number of morpholine rings is 1. The van der Waals surface area contributed by atoms with Crippen LogP contribution in [0.3, 0.4) is 0 Å². The van der Waals surface area contributed by atoms with Crippen LogP contribution in [0.1, 0.15) is 105 Å². The Kier molecular flexibility index (Phi) is 5.97. The molecule has 0 unspecified atom stereocenters. The van der Waals surface area contributed by atoms with Gasteiger partial charge in [-0.3, -0.25) is 0 Å². The fourth-order valence-electron chi connectivity index (χ4n) is 12.0. The van der Waals surface area contributed by atoms with Gasteiger partial charge in [0.2, 0.25) is 0 Å². The van der Waals surface area contributed by atoms with Crippen molar-refractivity contribution in [1.82, 2.24) is 9.97 Å². The van der Waals surface area contributed by atoms with E-state index in [1.54, 1.807) is 0 Å². The molecule has 0 bridgehead atoms. The molecule has 0 radical (unpaired) electrons. The lowest BCUT2D eigenvalue weighted by Gasteiger charge is -2.70. The monoisotopic (exact) mass is 531 g/mol. The second kappa shape index (κ2) is 8.79. The number of allylic oxidation sites excluding steroid dienone is 2. The van der Waals surface area contributed by atoms with Gasteiger partial charge in [0.05, 0.1) is 18.9 Å². The summed E-state index contributed by atoms with van der Waals surface area (Å²) in [6, 6.07) is 0. The fourth-order valence-corrected chi connectivity index (χ4v) is 12.0. The number of aromatic nitrogens is 2. The van der Waals surface area contributed by atoms with Gasteiger partial charge in [0.1, 0.15) is 12.1 Å². The number of fused-ring (bicyclic) bond motifs is 8. The predicted octanol–water partition coefficient (Wildman–Crippen LogP) is 7.61. The molecule has 1 aromatic heterocycles. The lowest BCUT2D eigenvalue weighted by atomic mass is 9.34. The lowest BCUT2D eigenvalue weighted by Crippen LogP contribution is -2.64. The molecule has 0 amide bonds. The van der Waals surface area contributed by atoms with Crippen molar-refractivity contribution in [3.05, 3.63) is 29.2 Å². The lowest BCUT2D eigenvalue weighted by molar-refractivity contribution is -0.153. The smallest absolute Gasteiger partial charge is 0.135 e. The van der Waals surface area contributed by atoms with Gasteiger partial charge in [-0.25, -0.2) is 9.97 Å². The summed E-state index contributed by atoms with van der Waals surface area (Å²) in [4.78, 5) is 12.5. The van der Waals surface area contributed by atoms with Crippen LogP contribution in [-0.2, 0) is 16.6 Å². The summed E-state index contributed by atoms with van der Waals surface area (Å²) in [6.07, 6.45) is 15.5. The summed E-state index contributed by atoms with van der Waals surface area (Å²) >= 11 is 0. The van der Waals surface area contributed by atoms with E-state index in [0.717, 1.165) is 56.4 Å². The molecule has 6 aliphatic rings. The second-order valence-electron chi connectivity index (χ2n) is 16.1. The molecule has 0 spiro atoms. The molecular formula is C35H53N3O. The van der Waals surface area contributed by atoms with Crippen LogP contribution >= 0.6 is 0 Å². The third-order valence-corrected chi connectivity index (χ3v) is 14.4. The topological polar surface area (TPSA) is 38.2 Å². The molecule has 39 heavy (non-hydrogen) atoms. The third-order valence-electron chi connectivity index (χ3n) is 14.4. The Morgan fingerprint density at radius 1 is 0.897 bits per heavy atom. The van der Waals surface area contributed by atoms with E-state index in [1.807, 2.05) is 11.9 Å². The highest BCUT2D eigenvalue weighted by Gasteiger charge is 2.67. The van der Waals surface area contributed by atoms with Crippen LogP contribution in [0.2, 0.25) is 0 Å². The maximum atomic E-state index is 5.72. The Hall–Kier alpha value is -1.42. The van der Waals surface area contributed by atoms with Gasteiger partial charge in [-0.05, 0) is 96.7 Å². The minimum absolute atomic E-state index is 0.0590. The first-order valence-electron chi connectivity index (χ1n) is 16.4. The molecule has 9 atom stereocenters.